The molecule has 2 heterocycles. The number of aryl methyl sites for hydroxylation is 2. The van der Waals surface area contributed by atoms with E-state index in [0.717, 1.165) is 128 Å². The molecule has 0 unspecified atom stereocenters. The van der Waals surface area contributed by atoms with Crippen molar-refractivity contribution in [2.45, 2.75) is 303 Å². The average molecular weight is 1570 g/mol. The first-order chi connectivity index (χ1) is 53.2. The molecule has 21 heteroatoms. The van der Waals surface area contributed by atoms with Crippen molar-refractivity contribution in [3.63, 3.8) is 0 Å². The molecule has 622 valence electrons. The van der Waals surface area contributed by atoms with Gasteiger partial charge in [0.25, 0.3) is 0 Å². The molecule has 0 aromatic carbocycles. The third-order valence-electron chi connectivity index (χ3n) is 36.8. The number of ketones is 5. The van der Waals surface area contributed by atoms with E-state index in [1.54, 1.807) is 6.08 Å². The van der Waals surface area contributed by atoms with Gasteiger partial charge in [0.05, 0.1) is 42.0 Å². The van der Waals surface area contributed by atoms with Gasteiger partial charge in [-0.2, -0.15) is 10.2 Å². The lowest BCUT2D eigenvalue weighted by molar-refractivity contribution is -0.182. The van der Waals surface area contributed by atoms with E-state index >= 15 is 0 Å². The summed E-state index contributed by atoms with van der Waals surface area (Å²) in [6.45, 7) is 22.4. The molecule has 2 aromatic heterocycles. The van der Waals surface area contributed by atoms with Crippen molar-refractivity contribution >= 4 is 41.1 Å². The van der Waals surface area contributed by atoms with Crippen molar-refractivity contribution in [3.05, 3.63) is 81.0 Å². The fourth-order valence-electron chi connectivity index (χ4n) is 30.9. The zero-order chi connectivity index (χ0) is 81.5. The molecular weight excluding hydrogens is 1430 g/mol. The molecule has 28 atom stereocenters. The van der Waals surface area contributed by atoms with Crippen LogP contribution in [0.2, 0.25) is 0 Å². The lowest BCUT2D eigenvalue weighted by Crippen LogP contribution is -2.62. The highest BCUT2D eigenvalue weighted by Gasteiger charge is 2.73. The summed E-state index contributed by atoms with van der Waals surface area (Å²) in [4.78, 5) is 61.7. The van der Waals surface area contributed by atoms with Crippen molar-refractivity contribution in [3.8, 4) is 0 Å². The van der Waals surface area contributed by atoms with Crippen LogP contribution in [0.3, 0.4) is 0 Å². The van der Waals surface area contributed by atoms with Gasteiger partial charge in [0.1, 0.15) is 48.8 Å². The molecule has 16 aliphatic carbocycles. The monoisotopic (exact) mass is 1560 g/mol. The van der Waals surface area contributed by atoms with E-state index in [1.165, 1.54) is 44.7 Å². The summed E-state index contributed by atoms with van der Waals surface area (Å²) >= 11 is 0. The van der Waals surface area contributed by atoms with Gasteiger partial charge in [0.2, 0.25) is 0 Å². The molecule has 12 saturated carbocycles. The van der Waals surface area contributed by atoms with Gasteiger partial charge >= 0.3 is 0 Å². The number of allylic oxidation sites excluding steroid dienone is 7. The normalized spacial score (nSPS) is 47.4. The molecule has 0 saturated heterocycles. The lowest BCUT2D eigenvalue weighted by atomic mass is 9.45. The Labute approximate surface area is 667 Å². The van der Waals surface area contributed by atoms with Crippen molar-refractivity contribution in [1.29, 1.82) is 0 Å². The van der Waals surface area contributed by atoms with Crippen LogP contribution < -0.4 is 0 Å². The summed E-state index contributed by atoms with van der Waals surface area (Å²) in [5.74, 6) is 0.562. The van der Waals surface area contributed by atoms with Crippen molar-refractivity contribution in [2.75, 3.05) is 26.4 Å². The van der Waals surface area contributed by atoms with E-state index in [9.17, 15) is 85.3 Å². The first-order valence-electron chi connectivity index (χ1n) is 43.6. The molecule has 21 nitrogen and oxygen atoms in total. The smallest absolute Gasteiger partial charge is 0.190 e. The fourth-order valence-corrected chi connectivity index (χ4v) is 30.9. The van der Waals surface area contributed by atoms with Gasteiger partial charge in [-0.3, -0.25) is 33.3 Å². The third-order valence-corrected chi connectivity index (χ3v) is 36.8. The summed E-state index contributed by atoms with van der Waals surface area (Å²) in [6, 6.07) is 0. The molecule has 2 aromatic rings. The van der Waals surface area contributed by atoms with Gasteiger partial charge in [-0.05, 0) is 303 Å². The SMILES string of the molecule is C/C=C1/C=C2CC[C@@H]3[C@H]([C@@H](O)C[C@@]4(C)[C@H]3CC[C@]4(O)C(=O)CO)[C@@]2(C)CC1.CCn1cc2c(n1)C=C1CC[C@@H]3[C@H]([C@@H](O)C[C@@]4(C)[C@H]3CC[C@]4(O)C(=O)CO)[C@@]1(C)C2.CCn1ncc2c1C=C1CC[C@@H]3[C@H]([C@@H](O)C[C@@]4(C)[C@H]3CC[C@]4(O)C(=O)CO)[C@@]1(C)C2.C[C@]12CCC(=O)C=C1CC[C@@H]1[C@@H]2[C@@H](O)C[C@@]2(C)[C@H]1CC[C@]2(O)C(=O)CO. The van der Waals surface area contributed by atoms with Crippen LogP contribution in [0.5, 0.6) is 0 Å². The summed E-state index contributed by atoms with van der Waals surface area (Å²) in [5, 5.41) is 138. The van der Waals surface area contributed by atoms with Crippen LogP contribution in [0.1, 0.15) is 253 Å². The van der Waals surface area contributed by atoms with Crippen LogP contribution in [-0.2, 0) is 49.9 Å². The Balaban J connectivity index is 0.000000119. The van der Waals surface area contributed by atoms with Crippen LogP contribution in [0, 0.1) is 114 Å². The maximum atomic E-state index is 12.5. The van der Waals surface area contributed by atoms with Gasteiger partial charge in [0, 0.05) is 47.4 Å². The van der Waals surface area contributed by atoms with E-state index in [0.29, 0.717) is 63.7 Å². The quantitative estimate of drug-likeness (QED) is 0.105. The van der Waals surface area contributed by atoms with Gasteiger partial charge < -0.3 is 61.3 Å². The second-order valence-corrected chi connectivity index (χ2v) is 40.8. The number of carbonyl (C=O) groups excluding carboxylic acids is 5. The topological polar surface area (TPSA) is 364 Å². The Morgan fingerprint density at radius 1 is 0.442 bits per heavy atom. The number of hydrogen-bond donors (Lipinski definition) is 12. The highest BCUT2D eigenvalue weighted by molar-refractivity contribution is 5.92. The van der Waals surface area contributed by atoms with Crippen LogP contribution >= 0.6 is 0 Å². The first kappa shape index (κ1) is 83.1. The second-order valence-electron chi connectivity index (χ2n) is 40.8. The standard InChI is InChI=1S/2C24H34N2O4.C23H34O4.C21H30O5/c1-4-26-12-14-10-22(2)15(9-18(14)25-26)5-6-16-17-7-8-24(30,20(29)13-27)23(17,3)11-19(28)21(16)22;1-4-26-18-9-15-5-6-16-17-7-8-24(30,20(29)13-27)23(17,3)11-19(28)21(16)22(15,2)10-14(18)12-25-26;1-4-14-7-9-21(2)15(11-14)5-6-16-17-8-10-23(27,19(26)13-24)22(17,3)12-18(25)20(16)21;1-19-7-5-13(23)9-12(19)3-4-14-15-6-8-21(26,17(25)11-22)20(15,2)10-16(24)18(14)19/h2*9,12,16-17,19,21,27-28,30H,4-8,10-11,13H2,1-3H3;4,11,16-18,20,24-25,27H,5-10,12-13H2,1-3H3;9,14-16,18,22,24,26H,3-8,10-11H2,1-2H3/b;;14-4+;/t2*16-,17-,19-,21+,22-,23-,24-;16-,17-,18-,20+,21-,22-,23-;14-,15-,16-,18+,19-,20-,21-/m0000/s1. The Morgan fingerprint density at radius 2 is 0.788 bits per heavy atom. The second kappa shape index (κ2) is 28.9. The van der Waals surface area contributed by atoms with Crippen LogP contribution in [0.4, 0.5) is 0 Å². The zero-order valence-electron chi connectivity index (χ0n) is 69.1. The number of rotatable bonds is 10. The number of aliphatic hydroxyl groups is 12. The molecule has 0 amide bonds. The fraction of sp³-hybridized carbons (Fsp3) is 0.772. The van der Waals surface area contributed by atoms with E-state index in [4.69, 9.17) is 5.10 Å². The molecular formula is C92H132N4O17. The molecule has 12 N–H and O–H groups in total. The summed E-state index contributed by atoms with van der Waals surface area (Å²) in [5.41, 5.74) is 2.43. The average Bonchev–Trinajstić information content (AvgIpc) is 1.63. The predicted molar refractivity (Wildman–Crippen MR) is 424 cm³/mol. The van der Waals surface area contributed by atoms with Crippen LogP contribution in [-0.4, -0.2) is 183 Å². The summed E-state index contributed by atoms with van der Waals surface area (Å²) in [6.07, 6.45) is 32.0. The number of nitrogens with zero attached hydrogens (tertiary/aromatic N) is 4. The Kier molecular flexibility index (Phi) is 21.2. The van der Waals surface area contributed by atoms with E-state index in [1.807, 2.05) is 38.6 Å². The lowest BCUT2D eigenvalue weighted by Gasteiger charge is -2.60. The molecule has 0 radical (unpaired) electrons. The maximum absolute atomic E-state index is 12.5. The highest BCUT2D eigenvalue weighted by atomic mass is 16.3. The Hall–Kier alpha value is -5.01. The number of Topliss-reactive ketones (excluding diaryl/α,β-unsaturated/α-hetero) is 4. The van der Waals surface area contributed by atoms with Gasteiger partial charge in [-0.15, -0.1) is 0 Å². The number of aliphatic hydroxyl groups excluding tert-OH is 8. The maximum Gasteiger partial charge on any atom is 0.190 e. The van der Waals surface area contributed by atoms with Crippen molar-refractivity contribution < 1.29 is 85.3 Å². The number of fused-ring (bicyclic) bond motifs is 22. The van der Waals surface area contributed by atoms with E-state index < -0.39 is 118 Å². The highest BCUT2D eigenvalue weighted by Crippen LogP contribution is 2.73. The Bertz CT molecular complexity index is 4300. The van der Waals surface area contributed by atoms with Crippen molar-refractivity contribution in [2.24, 2.45) is 114 Å². The molecule has 16 aliphatic rings. The first-order valence-corrected chi connectivity index (χ1v) is 43.6. The third kappa shape index (κ3) is 11.8. The van der Waals surface area contributed by atoms with Crippen LogP contribution in [0.15, 0.2) is 58.5 Å². The minimum absolute atomic E-state index is 0.0118. The predicted octanol–water partition coefficient (Wildman–Crippen LogP) is 9.64. The molecule has 0 spiro atoms. The number of aromatic nitrogens is 4. The molecule has 113 heavy (non-hydrogen) atoms. The Morgan fingerprint density at radius 3 is 1.15 bits per heavy atom. The van der Waals surface area contributed by atoms with Crippen LogP contribution in [0.25, 0.3) is 12.2 Å². The summed E-state index contributed by atoms with van der Waals surface area (Å²) in [7, 11) is 0. The minimum atomic E-state index is -1.54. The van der Waals surface area contributed by atoms with Gasteiger partial charge in [-0.1, -0.05) is 95.4 Å². The molecule has 0 bridgehead atoms. The van der Waals surface area contributed by atoms with E-state index in [2.05, 4.69) is 88.7 Å². The number of carbonyl (C=O) groups is 5. The van der Waals surface area contributed by atoms with Gasteiger partial charge in [-0.25, -0.2) is 0 Å². The number of hydrogen-bond acceptors (Lipinski definition) is 19. The summed E-state index contributed by atoms with van der Waals surface area (Å²) < 4.78 is 4.05. The van der Waals surface area contributed by atoms with Crippen molar-refractivity contribution in [1.82, 2.24) is 19.6 Å². The molecule has 18 rings (SSSR count). The van der Waals surface area contributed by atoms with Gasteiger partial charge in [0.15, 0.2) is 28.9 Å². The van der Waals surface area contributed by atoms with E-state index in [-0.39, 0.29) is 92.5 Å². The molecule has 12 fully saturated rings. The molecule has 0 aliphatic heterocycles. The largest absolute Gasteiger partial charge is 0.393 e. The minimum Gasteiger partial charge on any atom is -0.393 e. The zero-order valence-corrected chi connectivity index (χ0v) is 69.1.